The smallest absolute Gasteiger partial charge is 0.265 e. The number of para-hydroxylation sites is 1. The molecule has 158 valence electrons. The van der Waals surface area contributed by atoms with Crippen LogP contribution >= 0.6 is 0 Å². The predicted octanol–water partition coefficient (Wildman–Crippen LogP) is 1.78. The van der Waals surface area contributed by atoms with Gasteiger partial charge in [-0.3, -0.25) is 14.5 Å². The van der Waals surface area contributed by atoms with Gasteiger partial charge < -0.3 is 19.2 Å². The number of aromatic nitrogens is 2. The van der Waals surface area contributed by atoms with Gasteiger partial charge in [0.05, 0.1) is 5.56 Å². The number of furan rings is 1. The largest absolute Gasteiger partial charge is 0.442 e. The number of carbonyl (C=O) groups is 1. The molecule has 2 aromatic heterocycles. The van der Waals surface area contributed by atoms with Crippen molar-refractivity contribution in [3.8, 4) is 0 Å². The molecule has 0 aliphatic carbocycles. The number of amides is 1. The molecule has 1 aliphatic rings. The summed E-state index contributed by atoms with van der Waals surface area (Å²) in [4.78, 5) is 34.0. The number of fused-ring (bicyclic) bond motifs is 1. The normalized spacial score (nSPS) is 14.9. The average Bonchev–Trinajstić information content (AvgIpc) is 3.11. The Bertz CT molecular complexity index is 1080. The first-order valence-corrected chi connectivity index (χ1v) is 10.3. The molecule has 0 spiro atoms. The fourth-order valence-electron chi connectivity index (χ4n) is 3.92. The maximum absolute atomic E-state index is 12.7. The van der Waals surface area contributed by atoms with Gasteiger partial charge in [0, 0.05) is 45.5 Å². The Morgan fingerprint density at radius 1 is 1.17 bits per heavy atom. The van der Waals surface area contributed by atoms with Crippen LogP contribution in [0.1, 0.15) is 22.5 Å². The molecular weight excluding hydrogens is 382 g/mol. The van der Waals surface area contributed by atoms with Crippen LogP contribution < -0.4 is 15.8 Å². The molecule has 8 heteroatoms. The average molecular weight is 409 g/mol. The van der Waals surface area contributed by atoms with E-state index in [9.17, 15) is 9.59 Å². The summed E-state index contributed by atoms with van der Waals surface area (Å²) in [6, 6.07) is 10.5. The third-order valence-electron chi connectivity index (χ3n) is 5.61. The lowest BCUT2D eigenvalue weighted by Crippen LogP contribution is -2.47. The molecule has 1 saturated heterocycles. The molecule has 3 heterocycles. The number of nitrogens with one attached hydrogen (secondary N) is 1. The Morgan fingerprint density at radius 2 is 1.90 bits per heavy atom. The van der Waals surface area contributed by atoms with Crippen molar-refractivity contribution in [1.29, 1.82) is 0 Å². The zero-order chi connectivity index (χ0) is 21.1. The van der Waals surface area contributed by atoms with Gasteiger partial charge in [-0.15, -0.1) is 0 Å². The molecule has 1 amide bonds. The van der Waals surface area contributed by atoms with E-state index in [1.54, 1.807) is 14.0 Å². The molecule has 0 unspecified atom stereocenters. The van der Waals surface area contributed by atoms with Gasteiger partial charge >= 0.3 is 0 Å². The molecule has 4 rings (SSSR count). The van der Waals surface area contributed by atoms with Gasteiger partial charge in [-0.05, 0) is 32.0 Å². The fourth-order valence-corrected chi connectivity index (χ4v) is 3.92. The highest BCUT2D eigenvalue weighted by atomic mass is 16.3. The number of aryl methyl sites for hydroxylation is 2. The van der Waals surface area contributed by atoms with E-state index < -0.39 is 0 Å². The van der Waals surface area contributed by atoms with Crippen LogP contribution in [0.2, 0.25) is 0 Å². The lowest BCUT2D eigenvalue weighted by atomic mass is 10.1. The quantitative estimate of drug-likeness (QED) is 0.625. The number of nitrogens with zero attached hydrogens (tertiary/aromatic N) is 4. The Hall–Kier alpha value is -3.13. The van der Waals surface area contributed by atoms with Crippen molar-refractivity contribution < 1.29 is 9.21 Å². The highest BCUT2D eigenvalue weighted by Gasteiger charge is 2.22. The number of rotatable bonds is 6. The Morgan fingerprint density at radius 3 is 2.63 bits per heavy atom. The maximum Gasteiger partial charge on any atom is 0.265 e. The molecule has 1 aliphatic heterocycles. The SMILES string of the molecule is Cc1oc2ncn(C)c(=O)c2c1C(=O)NCCCN1CCN(c2ccccc2)CC1. The van der Waals surface area contributed by atoms with Crippen LogP contribution in [0, 0.1) is 6.92 Å². The third-order valence-corrected chi connectivity index (χ3v) is 5.61. The number of anilines is 1. The van der Waals surface area contributed by atoms with Crippen LogP contribution in [0.15, 0.2) is 45.9 Å². The highest BCUT2D eigenvalue weighted by molar-refractivity contribution is 6.06. The Kier molecular flexibility index (Phi) is 5.85. The van der Waals surface area contributed by atoms with Crippen LogP contribution in [0.3, 0.4) is 0 Å². The predicted molar refractivity (Wildman–Crippen MR) is 116 cm³/mol. The molecule has 1 N–H and O–H groups in total. The first-order chi connectivity index (χ1) is 14.5. The van der Waals surface area contributed by atoms with Gasteiger partial charge in [0.15, 0.2) is 0 Å². The first kappa shape index (κ1) is 20.2. The minimum Gasteiger partial charge on any atom is -0.442 e. The van der Waals surface area contributed by atoms with Gasteiger partial charge in [0.2, 0.25) is 5.71 Å². The van der Waals surface area contributed by atoms with Gasteiger partial charge in [-0.1, -0.05) is 18.2 Å². The van der Waals surface area contributed by atoms with Gasteiger partial charge in [0.25, 0.3) is 11.5 Å². The summed E-state index contributed by atoms with van der Waals surface area (Å²) in [6.45, 7) is 7.19. The highest BCUT2D eigenvalue weighted by Crippen LogP contribution is 2.20. The second-order valence-corrected chi connectivity index (χ2v) is 7.65. The van der Waals surface area contributed by atoms with Gasteiger partial charge in [-0.2, -0.15) is 0 Å². The summed E-state index contributed by atoms with van der Waals surface area (Å²) in [5.74, 6) is 0.126. The van der Waals surface area contributed by atoms with E-state index in [-0.39, 0.29) is 28.1 Å². The summed E-state index contributed by atoms with van der Waals surface area (Å²) in [7, 11) is 1.61. The summed E-state index contributed by atoms with van der Waals surface area (Å²) in [5.41, 5.74) is 1.48. The number of benzene rings is 1. The van der Waals surface area contributed by atoms with Crippen LogP contribution in [0.5, 0.6) is 0 Å². The van der Waals surface area contributed by atoms with Crippen molar-refractivity contribution in [2.45, 2.75) is 13.3 Å². The summed E-state index contributed by atoms with van der Waals surface area (Å²) < 4.78 is 6.86. The maximum atomic E-state index is 12.7. The molecular formula is C22H27N5O3. The van der Waals surface area contributed by atoms with Crippen LogP contribution in [0.4, 0.5) is 5.69 Å². The number of carbonyl (C=O) groups excluding carboxylic acids is 1. The molecule has 0 radical (unpaired) electrons. The van der Waals surface area contributed by atoms with E-state index >= 15 is 0 Å². The zero-order valence-electron chi connectivity index (χ0n) is 17.4. The van der Waals surface area contributed by atoms with Crippen molar-refractivity contribution >= 4 is 22.7 Å². The number of piperazine rings is 1. The minimum atomic E-state index is -0.287. The van der Waals surface area contributed by atoms with Crippen molar-refractivity contribution in [3.05, 3.63) is 58.3 Å². The molecule has 1 fully saturated rings. The lowest BCUT2D eigenvalue weighted by molar-refractivity contribution is 0.0951. The third kappa shape index (κ3) is 4.09. The molecule has 0 atom stereocenters. The van der Waals surface area contributed by atoms with Gasteiger partial charge in [0.1, 0.15) is 17.5 Å². The van der Waals surface area contributed by atoms with Crippen molar-refractivity contribution in [2.75, 3.05) is 44.2 Å². The summed E-state index contributed by atoms with van der Waals surface area (Å²) in [6.07, 6.45) is 2.25. The van der Waals surface area contributed by atoms with Crippen LogP contribution in [0.25, 0.3) is 11.1 Å². The summed E-state index contributed by atoms with van der Waals surface area (Å²) in [5, 5.41) is 3.17. The Balaban J connectivity index is 1.27. The van der Waals surface area contributed by atoms with Crippen molar-refractivity contribution in [1.82, 2.24) is 19.8 Å². The Labute approximate surface area is 175 Å². The number of hydrogen-bond donors (Lipinski definition) is 1. The molecule has 8 nitrogen and oxygen atoms in total. The van der Waals surface area contributed by atoms with E-state index in [0.717, 1.165) is 39.1 Å². The molecule has 1 aromatic carbocycles. The van der Waals surface area contributed by atoms with E-state index in [1.165, 1.54) is 16.6 Å². The van der Waals surface area contributed by atoms with Gasteiger partial charge in [-0.25, -0.2) is 4.98 Å². The monoisotopic (exact) mass is 409 g/mol. The van der Waals surface area contributed by atoms with Crippen molar-refractivity contribution in [3.63, 3.8) is 0 Å². The van der Waals surface area contributed by atoms with E-state index in [4.69, 9.17) is 4.42 Å². The van der Waals surface area contributed by atoms with Crippen molar-refractivity contribution in [2.24, 2.45) is 7.05 Å². The van der Waals surface area contributed by atoms with E-state index in [1.807, 2.05) is 6.07 Å². The molecule has 30 heavy (non-hydrogen) atoms. The molecule has 0 saturated carbocycles. The topological polar surface area (TPSA) is 83.6 Å². The standard InChI is InChI=1S/C22H27N5O3/c1-16-18(19-21(30-16)24-15-25(2)22(19)29)20(28)23-9-6-10-26-11-13-27(14-12-26)17-7-4-3-5-8-17/h3-5,7-8,15H,6,9-14H2,1-2H3,(H,23,28). The minimum absolute atomic E-state index is 0.206. The van der Waals surface area contributed by atoms with E-state index in [2.05, 4.69) is 44.4 Å². The zero-order valence-corrected chi connectivity index (χ0v) is 17.4. The van der Waals surface area contributed by atoms with Crippen LogP contribution in [-0.2, 0) is 7.05 Å². The second kappa shape index (κ2) is 8.71. The lowest BCUT2D eigenvalue weighted by Gasteiger charge is -2.36. The fraction of sp³-hybridized carbons (Fsp3) is 0.409. The van der Waals surface area contributed by atoms with E-state index in [0.29, 0.717) is 12.3 Å². The molecule has 3 aromatic rings. The second-order valence-electron chi connectivity index (χ2n) is 7.65. The molecule has 0 bridgehead atoms. The first-order valence-electron chi connectivity index (χ1n) is 10.3. The summed E-state index contributed by atoms with van der Waals surface area (Å²) >= 11 is 0. The van der Waals surface area contributed by atoms with Crippen LogP contribution in [-0.4, -0.2) is 59.6 Å². The number of hydrogen-bond acceptors (Lipinski definition) is 6.